The van der Waals surface area contributed by atoms with Crippen molar-refractivity contribution >= 4 is 29.1 Å². The largest absolute Gasteiger partial charge is 0.341 e. The number of anilines is 2. The van der Waals surface area contributed by atoms with Gasteiger partial charge in [-0.05, 0) is 18.6 Å². The number of benzene rings is 1. The standard InChI is InChI=1S/C23H17ClFN9O/c24-17-3-2-15(6-26)20(21(17)25)18-10-27-11-19(32-18)22(35)31-16-9-30-34(13-16)12-14-7-28-23(29-8-14)33-4-1-5-33/h2-3,7-11,13H,1,4-5,12H2,(H,31,35). The van der Waals surface area contributed by atoms with Crippen LogP contribution in [0.5, 0.6) is 0 Å². The summed E-state index contributed by atoms with van der Waals surface area (Å²) in [6.07, 6.45) is 10.3. The summed E-state index contributed by atoms with van der Waals surface area (Å²) in [5, 5.41) is 16.1. The zero-order valence-corrected chi connectivity index (χ0v) is 18.9. The normalized spacial score (nSPS) is 12.7. The molecule has 35 heavy (non-hydrogen) atoms. The predicted octanol–water partition coefficient (Wildman–Crippen LogP) is 3.30. The molecule has 12 heteroatoms. The van der Waals surface area contributed by atoms with Crippen molar-refractivity contribution in [1.29, 1.82) is 5.26 Å². The van der Waals surface area contributed by atoms with Gasteiger partial charge < -0.3 is 10.2 Å². The Bertz CT molecular complexity index is 1440. The second kappa shape index (κ2) is 9.44. The summed E-state index contributed by atoms with van der Waals surface area (Å²) < 4.78 is 16.2. The van der Waals surface area contributed by atoms with Gasteiger partial charge in [0.05, 0.1) is 58.7 Å². The van der Waals surface area contributed by atoms with E-state index in [2.05, 4.69) is 35.3 Å². The van der Waals surface area contributed by atoms with E-state index in [1.807, 2.05) is 6.07 Å². The molecule has 3 aromatic heterocycles. The molecule has 1 aromatic carbocycles. The summed E-state index contributed by atoms with van der Waals surface area (Å²) in [6, 6.07) is 4.57. The van der Waals surface area contributed by atoms with Crippen molar-refractivity contribution in [2.75, 3.05) is 23.3 Å². The number of nitrogens with one attached hydrogen (secondary N) is 1. The zero-order chi connectivity index (χ0) is 24.4. The van der Waals surface area contributed by atoms with Gasteiger partial charge in [-0.3, -0.25) is 14.5 Å². The van der Waals surface area contributed by atoms with Crippen molar-refractivity contribution in [3.63, 3.8) is 0 Å². The molecule has 174 valence electrons. The number of amides is 1. The molecule has 1 amide bonds. The first-order valence-corrected chi connectivity index (χ1v) is 11.0. The molecule has 10 nitrogen and oxygen atoms in total. The summed E-state index contributed by atoms with van der Waals surface area (Å²) >= 11 is 5.86. The Morgan fingerprint density at radius 3 is 2.69 bits per heavy atom. The van der Waals surface area contributed by atoms with Crippen molar-refractivity contribution in [3.8, 4) is 17.3 Å². The van der Waals surface area contributed by atoms with Crippen LogP contribution in [0.15, 0.2) is 49.3 Å². The van der Waals surface area contributed by atoms with Crippen LogP contribution in [0.25, 0.3) is 11.3 Å². The fourth-order valence-electron chi connectivity index (χ4n) is 3.50. The number of carbonyl (C=O) groups is 1. The van der Waals surface area contributed by atoms with E-state index < -0.39 is 11.7 Å². The molecule has 0 spiro atoms. The van der Waals surface area contributed by atoms with E-state index in [1.165, 1.54) is 30.7 Å². The highest BCUT2D eigenvalue weighted by Gasteiger charge is 2.19. The molecule has 1 saturated heterocycles. The van der Waals surface area contributed by atoms with Gasteiger partial charge in [0, 0.05) is 37.2 Å². The second-order valence-electron chi connectivity index (χ2n) is 7.80. The third-order valence-corrected chi connectivity index (χ3v) is 5.70. The average Bonchev–Trinajstić information content (AvgIpc) is 3.27. The Morgan fingerprint density at radius 1 is 1.17 bits per heavy atom. The molecule has 4 heterocycles. The first-order valence-electron chi connectivity index (χ1n) is 10.6. The van der Waals surface area contributed by atoms with Crippen LogP contribution in [0, 0.1) is 17.1 Å². The van der Waals surface area contributed by atoms with Gasteiger partial charge in [0.15, 0.2) is 5.82 Å². The number of halogens is 2. The molecular formula is C23H17ClFN9O. The molecule has 1 aliphatic heterocycles. The lowest BCUT2D eigenvalue weighted by Crippen LogP contribution is -2.38. The van der Waals surface area contributed by atoms with Crippen molar-refractivity contribution < 1.29 is 9.18 Å². The molecule has 1 fully saturated rings. The van der Waals surface area contributed by atoms with Gasteiger partial charge in [0.25, 0.3) is 5.91 Å². The van der Waals surface area contributed by atoms with Gasteiger partial charge in [-0.25, -0.2) is 19.3 Å². The van der Waals surface area contributed by atoms with E-state index in [0.29, 0.717) is 12.2 Å². The lowest BCUT2D eigenvalue weighted by molar-refractivity contribution is 0.102. The van der Waals surface area contributed by atoms with Crippen molar-refractivity contribution in [1.82, 2.24) is 29.7 Å². The first kappa shape index (κ1) is 22.4. The quantitative estimate of drug-likeness (QED) is 0.437. The van der Waals surface area contributed by atoms with Gasteiger partial charge >= 0.3 is 0 Å². The molecule has 1 aliphatic rings. The number of carbonyl (C=O) groups excluding carboxylic acids is 1. The molecule has 4 aromatic rings. The Labute approximate surface area is 204 Å². The minimum atomic E-state index is -0.805. The zero-order valence-electron chi connectivity index (χ0n) is 18.2. The second-order valence-corrected chi connectivity index (χ2v) is 8.21. The lowest BCUT2D eigenvalue weighted by atomic mass is 10.0. The number of rotatable bonds is 6. The molecule has 0 aliphatic carbocycles. The van der Waals surface area contributed by atoms with E-state index in [1.54, 1.807) is 23.3 Å². The SMILES string of the molecule is N#Cc1ccc(Cl)c(F)c1-c1cncc(C(=O)Nc2cnn(Cc3cnc(N4CCC4)nc3)c2)n1. The predicted molar refractivity (Wildman–Crippen MR) is 125 cm³/mol. The number of hydrogen-bond donors (Lipinski definition) is 1. The minimum Gasteiger partial charge on any atom is -0.341 e. The Balaban J connectivity index is 1.29. The third-order valence-electron chi connectivity index (χ3n) is 5.40. The van der Waals surface area contributed by atoms with Crippen LogP contribution in [0.2, 0.25) is 5.02 Å². The van der Waals surface area contributed by atoms with E-state index in [0.717, 1.165) is 31.0 Å². The fourth-order valence-corrected chi connectivity index (χ4v) is 3.65. The van der Waals surface area contributed by atoms with Gasteiger partial charge in [0.2, 0.25) is 5.95 Å². The van der Waals surface area contributed by atoms with Crippen LogP contribution in [-0.2, 0) is 6.54 Å². The maximum Gasteiger partial charge on any atom is 0.275 e. The van der Waals surface area contributed by atoms with Crippen molar-refractivity contribution in [2.24, 2.45) is 0 Å². The third kappa shape index (κ3) is 4.64. The molecule has 0 bridgehead atoms. The lowest BCUT2D eigenvalue weighted by Gasteiger charge is -2.30. The van der Waals surface area contributed by atoms with Crippen LogP contribution >= 0.6 is 11.6 Å². The van der Waals surface area contributed by atoms with E-state index >= 15 is 0 Å². The first-order chi connectivity index (χ1) is 17.0. The molecule has 0 radical (unpaired) electrons. The Morgan fingerprint density at radius 2 is 1.97 bits per heavy atom. The number of nitrogens with zero attached hydrogens (tertiary/aromatic N) is 8. The molecule has 0 unspecified atom stereocenters. The number of nitriles is 1. The highest BCUT2D eigenvalue weighted by Crippen LogP contribution is 2.29. The van der Waals surface area contributed by atoms with Crippen LogP contribution in [-0.4, -0.2) is 48.7 Å². The van der Waals surface area contributed by atoms with Crippen molar-refractivity contribution in [2.45, 2.75) is 13.0 Å². The average molecular weight is 490 g/mol. The molecule has 0 saturated carbocycles. The highest BCUT2D eigenvalue weighted by atomic mass is 35.5. The minimum absolute atomic E-state index is 0.0200. The summed E-state index contributed by atoms with van der Waals surface area (Å²) in [5.41, 5.74) is 1.18. The summed E-state index contributed by atoms with van der Waals surface area (Å²) in [5.74, 6) is -0.654. The van der Waals surface area contributed by atoms with Crippen LogP contribution in [0.3, 0.4) is 0 Å². The highest BCUT2D eigenvalue weighted by molar-refractivity contribution is 6.31. The van der Waals surface area contributed by atoms with Gasteiger partial charge in [-0.1, -0.05) is 11.6 Å². The number of hydrogen-bond acceptors (Lipinski definition) is 8. The Hall–Kier alpha value is -4.43. The molecule has 1 N–H and O–H groups in total. The maximum atomic E-state index is 14.6. The molecule has 5 rings (SSSR count). The van der Waals surface area contributed by atoms with Crippen LogP contribution in [0.1, 0.15) is 28.0 Å². The van der Waals surface area contributed by atoms with E-state index in [9.17, 15) is 14.4 Å². The van der Waals surface area contributed by atoms with E-state index in [-0.39, 0.29) is 27.5 Å². The number of aromatic nitrogens is 6. The molecular weight excluding hydrogens is 473 g/mol. The van der Waals surface area contributed by atoms with Gasteiger partial charge in [0.1, 0.15) is 5.69 Å². The summed E-state index contributed by atoms with van der Waals surface area (Å²) in [7, 11) is 0. The fraction of sp³-hybridized carbons (Fsp3) is 0.174. The maximum absolute atomic E-state index is 14.6. The molecule has 0 atom stereocenters. The Kier molecular flexibility index (Phi) is 6.03. The van der Waals surface area contributed by atoms with Crippen molar-refractivity contribution in [3.05, 3.63) is 77.0 Å². The topological polar surface area (TPSA) is 126 Å². The summed E-state index contributed by atoms with van der Waals surface area (Å²) in [4.78, 5) is 31.8. The monoisotopic (exact) mass is 489 g/mol. The van der Waals surface area contributed by atoms with Gasteiger partial charge in [-0.2, -0.15) is 10.4 Å². The summed E-state index contributed by atoms with van der Waals surface area (Å²) in [6.45, 7) is 2.38. The van der Waals surface area contributed by atoms with Crippen LogP contribution in [0.4, 0.5) is 16.0 Å². The van der Waals surface area contributed by atoms with Crippen LogP contribution < -0.4 is 10.2 Å². The smallest absolute Gasteiger partial charge is 0.275 e. The van der Waals surface area contributed by atoms with Gasteiger partial charge in [-0.15, -0.1) is 0 Å². The van der Waals surface area contributed by atoms with E-state index in [4.69, 9.17) is 11.6 Å².